The van der Waals surface area contributed by atoms with Gasteiger partial charge >= 0.3 is 0 Å². The third kappa shape index (κ3) is 4.46. The van der Waals surface area contributed by atoms with Crippen molar-refractivity contribution < 1.29 is 9.53 Å². The van der Waals surface area contributed by atoms with Gasteiger partial charge in [-0.15, -0.1) is 0 Å². The predicted molar refractivity (Wildman–Crippen MR) is 107 cm³/mol. The van der Waals surface area contributed by atoms with Gasteiger partial charge in [-0.25, -0.2) is 0 Å². The molecule has 0 bridgehead atoms. The zero-order valence-electron chi connectivity index (χ0n) is 15.5. The molecule has 1 heterocycles. The van der Waals surface area contributed by atoms with Gasteiger partial charge in [0.1, 0.15) is 0 Å². The highest BCUT2D eigenvalue weighted by atomic mass is 35.5. The van der Waals surface area contributed by atoms with Gasteiger partial charge in [0, 0.05) is 36.3 Å². The molecule has 4 heteroatoms. The van der Waals surface area contributed by atoms with Crippen LogP contribution in [0.15, 0.2) is 42.5 Å². The van der Waals surface area contributed by atoms with Gasteiger partial charge in [-0.05, 0) is 61.9 Å². The van der Waals surface area contributed by atoms with E-state index < -0.39 is 0 Å². The molecule has 1 fully saturated rings. The van der Waals surface area contributed by atoms with Crippen LogP contribution >= 0.6 is 11.6 Å². The molecule has 26 heavy (non-hydrogen) atoms. The van der Waals surface area contributed by atoms with Crippen LogP contribution in [0.4, 0.5) is 0 Å². The number of carbonyl (C=O) groups is 1. The molecule has 1 amide bonds. The van der Waals surface area contributed by atoms with Gasteiger partial charge in [-0.2, -0.15) is 0 Å². The highest BCUT2D eigenvalue weighted by molar-refractivity contribution is 6.33. The van der Waals surface area contributed by atoms with Gasteiger partial charge in [0.25, 0.3) is 5.91 Å². The lowest BCUT2D eigenvalue weighted by Crippen LogP contribution is -2.28. The van der Waals surface area contributed by atoms with Gasteiger partial charge in [0.15, 0.2) is 0 Å². The van der Waals surface area contributed by atoms with Crippen LogP contribution < -0.4 is 0 Å². The predicted octanol–water partition coefficient (Wildman–Crippen LogP) is 5.35. The molecule has 0 N–H and O–H groups in total. The number of hydrogen-bond donors (Lipinski definition) is 0. The maximum atomic E-state index is 12.6. The number of carbonyl (C=O) groups excluding carboxylic acids is 1. The Morgan fingerprint density at radius 2 is 2.00 bits per heavy atom. The Labute approximate surface area is 160 Å². The van der Waals surface area contributed by atoms with E-state index in [-0.39, 0.29) is 5.91 Å². The number of aryl methyl sites for hydroxylation is 1. The average molecular weight is 372 g/mol. The number of rotatable bonds is 6. The van der Waals surface area contributed by atoms with Crippen LogP contribution in [-0.4, -0.2) is 37.1 Å². The van der Waals surface area contributed by atoms with Crippen LogP contribution in [0.1, 0.15) is 41.6 Å². The van der Waals surface area contributed by atoms with E-state index in [1.54, 1.807) is 4.90 Å². The second-order valence-corrected chi connectivity index (χ2v) is 7.42. The number of halogens is 1. The second kappa shape index (κ2) is 8.70. The summed E-state index contributed by atoms with van der Waals surface area (Å²) in [5, 5.41) is 0.732. The number of ether oxygens (including phenoxy) is 1. The molecule has 0 spiro atoms. The molecule has 0 saturated carbocycles. The number of benzene rings is 2. The van der Waals surface area contributed by atoms with Crippen LogP contribution in [-0.2, 0) is 4.74 Å². The molecule has 1 aliphatic heterocycles. The highest BCUT2D eigenvalue weighted by Crippen LogP contribution is 2.31. The van der Waals surface area contributed by atoms with E-state index in [0.29, 0.717) is 11.7 Å². The van der Waals surface area contributed by atoms with Crippen molar-refractivity contribution in [1.82, 2.24) is 4.90 Å². The Kier molecular flexibility index (Phi) is 6.33. The summed E-state index contributed by atoms with van der Waals surface area (Å²) in [5.74, 6) is 0.0553. The molecule has 138 valence electrons. The normalized spacial score (nSPS) is 16.7. The van der Waals surface area contributed by atoms with E-state index in [1.807, 2.05) is 56.4 Å². The van der Waals surface area contributed by atoms with Gasteiger partial charge in [-0.3, -0.25) is 4.79 Å². The summed E-state index contributed by atoms with van der Waals surface area (Å²) >= 11 is 6.34. The fraction of sp³-hybridized carbons (Fsp3) is 0.409. The van der Waals surface area contributed by atoms with Gasteiger partial charge in [-0.1, -0.05) is 35.9 Å². The maximum Gasteiger partial charge on any atom is 0.253 e. The minimum Gasteiger partial charge on any atom is -0.378 e. The summed E-state index contributed by atoms with van der Waals surface area (Å²) in [6.45, 7) is 3.68. The third-order valence-electron chi connectivity index (χ3n) is 5.03. The Bertz CT molecular complexity index is 731. The molecule has 3 nitrogen and oxygen atoms in total. The zero-order valence-corrected chi connectivity index (χ0v) is 16.3. The lowest BCUT2D eigenvalue weighted by atomic mass is 9.99. The van der Waals surface area contributed by atoms with E-state index >= 15 is 0 Å². The van der Waals surface area contributed by atoms with Crippen molar-refractivity contribution in [3.8, 4) is 11.1 Å². The van der Waals surface area contributed by atoms with Crippen LogP contribution in [0.3, 0.4) is 0 Å². The van der Waals surface area contributed by atoms with E-state index in [1.165, 1.54) is 0 Å². The number of hydrogen-bond acceptors (Lipinski definition) is 2. The topological polar surface area (TPSA) is 29.5 Å². The fourth-order valence-corrected chi connectivity index (χ4v) is 3.86. The summed E-state index contributed by atoms with van der Waals surface area (Å²) in [6, 6.07) is 13.6. The molecule has 1 unspecified atom stereocenters. The molecular formula is C22H26ClNO2. The van der Waals surface area contributed by atoms with E-state index in [0.717, 1.165) is 60.5 Å². The van der Waals surface area contributed by atoms with Crippen molar-refractivity contribution in [1.29, 1.82) is 0 Å². The van der Waals surface area contributed by atoms with Crippen molar-refractivity contribution in [2.75, 3.05) is 20.2 Å². The fourth-order valence-electron chi connectivity index (χ4n) is 3.53. The molecule has 0 aliphatic carbocycles. The maximum absolute atomic E-state index is 12.6. The Morgan fingerprint density at radius 3 is 2.65 bits per heavy atom. The van der Waals surface area contributed by atoms with Crippen molar-refractivity contribution in [2.24, 2.45) is 0 Å². The quantitative estimate of drug-likeness (QED) is 0.685. The van der Waals surface area contributed by atoms with E-state index in [9.17, 15) is 4.79 Å². The molecule has 1 aliphatic rings. The van der Waals surface area contributed by atoms with E-state index in [2.05, 4.69) is 0 Å². The van der Waals surface area contributed by atoms with Crippen molar-refractivity contribution in [3.05, 3.63) is 58.6 Å². The summed E-state index contributed by atoms with van der Waals surface area (Å²) in [6.07, 6.45) is 4.71. The number of amides is 1. The molecular weight excluding hydrogens is 346 g/mol. The SMILES string of the molecule is Cc1cccc(Cl)c1-c1ccc(C(=O)N(C)CCCC2CCCO2)cc1. The lowest BCUT2D eigenvalue weighted by Gasteiger charge is -2.18. The Morgan fingerprint density at radius 1 is 1.23 bits per heavy atom. The van der Waals surface area contributed by atoms with Crippen LogP contribution in [0.25, 0.3) is 11.1 Å². The third-order valence-corrected chi connectivity index (χ3v) is 5.35. The summed E-state index contributed by atoms with van der Waals surface area (Å²) < 4.78 is 5.64. The molecule has 1 saturated heterocycles. The van der Waals surface area contributed by atoms with E-state index in [4.69, 9.17) is 16.3 Å². The molecule has 0 aromatic heterocycles. The minimum absolute atomic E-state index is 0.0553. The first-order valence-corrected chi connectivity index (χ1v) is 9.66. The summed E-state index contributed by atoms with van der Waals surface area (Å²) in [4.78, 5) is 14.4. The smallest absolute Gasteiger partial charge is 0.253 e. The van der Waals surface area contributed by atoms with Crippen molar-refractivity contribution in [2.45, 2.75) is 38.7 Å². The molecule has 3 rings (SSSR count). The Hall–Kier alpha value is -1.84. The second-order valence-electron chi connectivity index (χ2n) is 7.01. The molecule has 2 aromatic carbocycles. The highest BCUT2D eigenvalue weighted by Gasteiger charge is 2.17. The molecule has 0 radical (unpaired) electrons. The summed E-state index contributed by atoms with van der Waals surface area (Å²) in [5.41, 5.74) is 3.89. The van der Waals surface area contributed by atoms with Crippen LogP contribution in [0.5, 0.6) is 0 Å². The van der Waals surface area contributed by atoms with Crippen molar-refractivity contribution >= 4 is 17.5 Å². The van der Waals surface area contributed by atoms with Crippen molar-refractivity contribution in [3.63, 3.8) is 0 Å². The largest absolute Gasteiger partial charge is 0.378 e. The summed E-state index contributed by atoms with van der Waals surface area (Å²) in [7, 11) is 1.87. The zero-order chi connectivity index (χ0) is 18.5. The monoisotopic (exact) mass is 371 g/mol. The first-order valence-electron chi connectivity index (χ1n) is 9.29. The average Bonchev–Trinajstić information content (AvgIpc) is 3.15. The van der Waals surface area contributed by atoms with Gasteiger partial charge < -0.3 is 9.64 Å². The molecule has 2 aromatic rings. The van der Waals surface area contributed by atoms with Crippen LogP contribution in [0, 0.1) is 6.92 Å². The first-order chi connectivity index (χ1) is 12.6. The standard InChI is InChI=1S/C22H26ClNO2/c1-16-6-3-9-20(23)21(16)17-10-12-18(13-11-17)22(25)24(2)14-4-7-19-8-5-15-26-19/h3,6,9-13,19H,4-5,7-8,14-15H2,1-2H3. The van der Waals surface area contributed by atoms with Gasteiger partial charge in [0.05, 0.1) is 6.10 Å². The first kappa shape index (κ1) is 18.9. The number of nitrogens with zero attached hydrogens (tertiary/aromatic N) is 1. The lowest BCUT2D eigenvalue weighted by molar-refractivity contribution is 0.0763. The minimum atomic E-state index is 0.0553. The Balaban J connectivity index is 1.61. The van der Waals surface area contributed by atoms with Crippen LogP contribution in [0.2, 0.25) is 5.02 Å². The molecule has 1 atom stereocenters. The van der Waals surface area contributed by atoms with Gasteiger partial charge in [0.2, 0.25) is 0 Å².